The first-order valence-electron chi connectivity index (χ1n) is 5.44. The van der Waals surface area contributed by atoms with Crippen LogP contribution in [0.2, 0.25) is 0 Å². The van der Waals surface area contributed by atoms with Crippen LogP contribution in [0.5, 0.6) is 0 Å². The number of hydrogen-bond donors (Lipinski definition) is 0. The predicted octanol–water partition coefficient (Wildman–Crippen LogP) is 4.22. The first-order chi connectivity index (χ1) is 7.75. The lowest BCUT2D eigenvalue weighted by Gasteiger charge is -2.01. The van der Waals surface area contributed by atoms with Crippen molar-refractivity contribution in [2.24, 2.45) is 0 Å². The molecule has 0 radical (unpaired) electrons. The van der Waals surface area contributed by atoms with Gasteiger partial charge in [-0.15, -0.1) is 0 Å². The van der Waals surface area contributed by atoms with Crippen LogP contribution in [-0.4, -0.2) is 4.98 Å². The second kappa shape index (κ2) is 6.01. The maximum atomic E-state index is 12.9. The zero-order valence-electron chi connectivity index (χ0n) is 9.87. The molecule has 0 unspecified atom stereocenters. The van der Waals surface area contributed by atoms with Crippen LogP contribution in [0.25, 0.3) is 11.1 Å². The molecule has 0 aliphatic carbocycles. The fourth-order valence-corrected chi connectivity index (χ4v) is 1.39. The highest BCUT2D eigenvalue weighted by Crippen LogP contribution is 2.19. The van der Waals surface area contributed by atoms with Crippen LogP contribution >= 0.6 is 0 Å². The highest BCUT2D eigenvalue weighted by atomic mass is 19.1. The number of aromatic nitrogens is 1. The van der Waals surface area contributed by atoms with Gasteiger partial charge in [-0.1, -0.05) is 26.0 Å². The molecule has 0 aliphatic rings. The standard InChI is InChI=1S/C12H10FN.C2H6/c1-9-7-11(5-6-14-9)10-3-2-4-12(13)8-10;1-2/h2-8H,1H3;1-2H3. The molecule has 0 saturated carbocycles. The second-order valence-electron chi connectivity index (χ2n) is 3.20. The van der Waals surface area contributed by atoms with E-state index in [-0.39, 0.29) is 5.82 Å². The second-order valence-corrected chi connectivity index (χ2v) is 3.20. The monoisotopic (exact) mass is 217 g/mol. The molecule has 2 rings (SSSR count). The molecular weight excluding hydrogens is 201 g/mol. The summed E-state index contributed by atoms with van der Waals surface area (Å²) in [5.74, 6) is -0.211. The Kier molecular flexibility index (Phi) is 4.65. The molecule has 2 heteroatoms. The Balaban J connectivity index is 0.000000606. The smallest absolute Gasteiger partial charge is 0.123 e. The quantitative estimate of drug-likeness (QED) is 0.696. The van der Waals surface area contributed by atoms with E-state index in [1.807, 2.05) is 39.0 Å². The lowest BCUT2D eigenvalue weighted by atomic mass is 10.1. The molecule has 84 valence electrons. The summed E-state index contributed by atoms with van der Waals surface area (Å²) in [4.78, 5) is 4.09. The lowest BCUT2D eigenvalue weighted by molar-refractivity contribution is 0.628. The van der Waals surface area contributed by atoms with Gasteiger partial charge in [0.25, 0.3) is 0 Å². The number of nitrogens with zero attached hydrogens (tertiary/aromatic N) is 1. The first-order valence-corrected chi connectivity index (χ1v) is 5.44. The fourth-order valence-electron chi connectivity index (χ4n) is 1.39. The van der Waals surface area contributed by atoms with Gasteiger partial charge >= 0.3 is 0 Å². The van der Waals surface area contributed by atoms with Gasteiger partial charge in [0, 0.05) is 11.9 Å². The minimum Gasteiger partial charge on any atom is -0.262 e. The van der Waals surface area contributed by atoms with Gasteiger partial charge in [0.15, 0.2) is 0 Å². The van der Waals surface area contributed by atoms with Crippen LogP contribution in [0.3, 0.4) is 0 Å². The van der Waals surface area contributed by atoms with Crippen LogP contribution < -0.4 is 0 Å². The predicted molar refractivity (Wildman–Crippen MR) is 65.7 cm³/mol. The van der Waals surface area contributed by atoms with E-state index in [0.717, 1.165) is 16.8 Å². The van der Waals surface area contributed by atoms with Crippen molar-refractivity contribution in [2.75, 3.05) is 0 Å². The van der Waals surface area contributed by atoms with E-state index in [1.165, 1.54) is 12.1 Å². The third-order valence-corrected chi connectivity index (χ3v) is 2.05. The maximum Gasteiger partial charge on any atom is 0.123 e. The van der Waals surface area contributed by atoms with Crippen molar-refractivity contribution in [3.63, 3.8) is 0 Å². The maximum absolute atomic E-state index is 12.9. The molecule has 0 N–H and O–H groups in total. The van der Waals surface area contributed by atoms with Crippen molar-refractivity contribution in [2.45, 2.75) is 20.8 Å². The van der Waals surface area contributed by atoms with Crippen LogP contribution in [-0.2, 0) is 0 Å². The van der Waals surface area contributed by atoms with E-state index >= 15 is 0 Å². The van der Waals surface area contributed by atoms with E-state index in [4.69, 9.17) is 0 Å². The molecule has 1 aromatic carbocycles. The molecule has 0 saturated heterocycles. The highest BCUT2D eigenvalue weighted by molar-refractivity contribution is 5.63. The Labute approximate surface area is 96.0 Å². The summed E-state index contributed by atoms with van der Waals surface area (Å²) < 4.78 is 12.9. The molecule has 0 aliphatic heterocycles. The Morgan fingerprint density at radius 1 is 1.00 bits per heavy atom. The van der Waals surface area contributed by atoms with Crippen molar-refractivity contribution in [3.05, 3.63) is 54.1 Å². The summed E-state index contributed by atoms with van der Waals surface area (Å²) in [6.07, 6.45) is 1.73. The molecule has 0 amide bonds. The summed E-state index contributed by atoms with van der Waals surface area (Å²) >= 11 is 0. The summed E-state index contributed by atoms with van der Waals surface area (Å²) in [7, 11) is 0. The first kappa shape index (κ1) is 12.4. The van der Waals surface area contributed by atoms with Crippen LogP contribution in [0.1, 0.15) is 19.5 Å². The van der Waals surface area contributed by atoms with E-state index in [1.54, 1.807) is 12.3 Å². The minimum atomic E-state index is -0.211. The summed E-state index contributed by atoms with van der Waals surface area (Å²) in [6.45, 7) is 5.92. The molecular formula is C14H16FN. The average Bonchev–Trinajstić information content (AvgIpc) is 2.32. The molecule has 0 fully saturated rings. The van der Waals surface area contributed by atoms with E-state index in [2.05, 4.69) is 4.98 Å². The Hall–Kier alpha value is -1.70. The summed E-state index contributed by atoms with van der Waals surface area (Å²) in [5, 5.41) is 0. The van der Waals surface area contributed by atoms with E-state index in [9.17, 15) is 4.39 Å². The third-order valence-electron chi connectivity index (χ3n) is 2.05. The summed E-state index contributed by atoms with van der Waals surface area (Å²) in [6, 6.07) is 10.4. The molecule has 2 aromatic rings. The molecule has 1 heterocycles. The van der Waals surface area contributed by atoms with Crippen molar-refractivity contribution in [1.82, 2.24) is 4.98 Å². The van der Waals surface area contributed by atoms with Gasteiger partial charge in [-0.2, -0.15) is 0 Å². The fraction of sp³-hybridized carbons (Fsp3) is 0.214. The van der Waals surface area contributed by atoms with Gasteiger partial charge in [-0.3, -0.25) is 4.98 Å². The van der Waals surface area contributed by atoms with Crippen molar-refractivity contribution in [1.29, 1.82) is 0 Å². The van der Waals surface area contributed by atoms with Gasteiger partial charge < -0.3 is 0 Å². The van der Waals surface area contributed by atoms with E-state index < -0.39 is 0 Å². The lowest BCUT2D eigenvalue weighted by Crippen LogP contribution is -1.83. The Morgan fingerprint density at radius 3 is 2.31 bits per heavy atom. The molecule has 0 atom stereocenters. The SMILES string of the molecule is CC.Cc1cc(-c2cccc(F)c2)ccn1. The van der Waals surface area contributed by atoms with Crippen LogP contribution in [0.4, 0.5) is 4.39 Å². The minimum absolute atomic E-state index is 0.211. The van der Waals surface area contributed by atoms with Crippen molar-refractivity contribution in [3.8, 4) is 11.1 Å². The van der Waals surface area contributed by atoms with Crippen LogP contribution in [0, 0.1) is 12.7 Å². The van der Waals surface area contributed by atoms with Crippen molar-refractivity contribution < 1.29 is 4.39 Å². The molecule has 1 aromatic heterocycles. The van der Waals surface area contributed by atoms with Gasteiger partial charge in [0.1, 0.15) is 5.82 Å². The van der Waals surface area contributed by atoms with Gasteiger partial charge in [-0.25, -0.2) is 4.39 Å². The molecule has 16 heavy (non-hydrogen) atoms. The van der Waals surface area contributed by atoms with E-state index in [0.29, 0.717) is 0 Å². The van der Waals surface area contributed by atoms with Gasteiger partial charge in [0.2, 0.25) is 0 Å². The Bertz CT molecular complexity index is 408. The molecule has 0 bridgehead atoms. The van der Waals surface area contributed by atoms with Gasteiger partial charge in [0.05, 0.1) is 0 Å². The number of rotatable bonds is 1. The Morgan fingerprint density at radius 2 is 1.69 bits per heavy atom. The number of hydrogen-bond acceptors (Lipinski definition) is 1. The van der Waals surface area contributed by atoms with Crippen LogP contribution in [0.15, 0.2) is 42.6 Å². The highest BCUT2D eigenvalue weighted by Gasteiger charge is 1.98. The number of benzene rings is 1. The number of aryl methyl sites for hydroxylation is 1. The third kappa shape index (κ3) is 3.16. The average molecular weight is 217 g/mol. The topological polar surface area (TPSA) is 12.9 Å². The van der Waals surface area contributed by atoms with Gasteiger partial charge in [-0.05, 0) is 42.3 Å². The molecule has 0 spiro atoms. The largest absolute Gasteiger partial charge is 0.262 e. The zero-order valence-corrected chi connectivity index (χ0v) is 9.87. The van der Waals surface area contributed by atoms with Crippen molar-refractivity contribution >= 4 is 0 Å². The zero-order chi connectivity index (χ0) is 12.0. The molecule has 1 nitrogen and oxygen atoms in total. The number of pyridine rings is 1. The summed E-state index contributed by atoms with van der Waals surface area (Å²) in [5.41, 5.74) is 2.82. The normalized spacial score (nSPS) is 9.25. The number of halogens is 1.